The molecule has 0 spiro atoms. The van der Waals surface area contributed by atoms with Gasteiger partial charge >= 0.3 is 0 Å². The van der Waals surface area contributed by atoms with Crippen LogP contribution in [-0.2, 0) is 0 Å². The molecule has 1 aromatic carbocycles. The topological polar surface area (TPSA) is 54.9 Å². The molecule has 21 heavy (non-hydrogen) atoms. The lowest BCUT2D eigenvalue weighted by molar-refractivity contribution is 0.102. The average molecular weight is 285 g/mol. The number of halogens is 2. The van der Waals surface area contributed by atoms with Crippen molar-refractivity contribution < 1.29 is 13.6 Å². The fourth-order valence-electron chi connectivity index (χ4n) is 1.99. The van der Waals surface area contributed by atoms with Crippen molar-refractivity contribution in [1.29, 1.82) is 0 Å². The summed E-state index contributed by atoms with van der Waals surface area (Å²) in [5, 5.41) is 2.82. The summed E-state index contributed by atoms with van der Waals surface area (Å²) in [6.45, 7) is 0. The molecule has 3 aromatic rings. The predicted octanol–water partition coefficient (Wildman–Crippen LogP) is 3.16. The number of hydrogen-bond acceptors (Lipinski definition) is 3. The minimum absolute atomic E-state index is 0.00364. The Labute approximate surface area is 118 Å². The predicted molar refractivity (Wildman–Crippen MR) is 73.8 cm³/mol. The summed E-state index contributed by atoms with van der Waals surface area (Å²) in [5.74, 6) is -1.90. The highest BCUT2D eigenvalue weighted by Gasteiger charge is 2.12. The molecule has 0 atom stereocenters. The number of benzene rings is 1. The quantitative estimate of drug-likeness (QED) is 0.787. The largest absolute Gasteiger partial charge is 0.321 e. The molecule has 0 unspecified atom stereocenters. The third-order valence-corrected chi connectivity index (χ3v) is 2.95. The van der Waals surface area contributed by atoms with Gasteiger partial charge in [-0.2, -0.15) is 0 Å². The zero-order valence-corrected chi connectivity index (χ0v) is 10.7. The minimum atomic E-state index is -0.773. The molecule has 2 heterocycles. The number of hydrogen-bond donors (Lipinski definition) is 1. The van der Waals surface area contributed by atoms with Gasteiger partial charge in [0, 0.05) is 35.6 Å². The summed E-state index contributed by atoms with van der Waals surface area (Å²) in [5.41, 5.74) is 0.691. The number of anilines is 1. The second-order valence-corrected chi connectivity index (χ2v) is 4.33. The monoisotopic (exact) mass is 285 g/mol. The van der Waals surface area contributed by atoms with E-state index in [0.29, 0.717) is 11.3 Å². The number of carbonyl (C=O) groups is 1. The van der Waals surface area contributed by atoms with Crippen LogP contribution in [0, 0.1) is 11.6 Å². The van der Waals surface area contributed by atoms with E-state index < -0.39 is 17.5 Å². The SMILES string of the molecule is O=C(Nc1ccnc2c(F)cc(F)cc12)c1ccncc1. The van der Waals surface area contributed by atoms with Crippen molar-refractivity contribution in [3.63, 3.8) is 0 Å². The highest BCUT2D eigenvalue weighted by Crippen LogP contribution is 2.25. The molecule has 2 aromatic heterocycles. The smallest absolute Gasteiger partial charge is 0.255 e. The van der Waals surface area contributed by atoms with Crippen LogP contribution in [-0.4, -0.2) is 15.9 Å². The van der Waals surface area contributed by atoms with Crippen molar-refractivity contribution in [2.75, 3.05) is 5.32 Å². The van der Waals surface area contributed by atoms with Gasteiger partial charge < -0.3 is 5.32 Å². The lowest BCUT2D eigenvalue weighted by Crippen LogP contribution is -2.12. The fraction of sp³-hybridized carbons (Fsp3) is 0. The summed E-state index contributed by atoms with van der Waals surface area (Å²) in [6.07, 6.45) is 4.32. The summed E-state index contributed by atoms with van der Waals surface area (Å²) in [6, 6.07) is 6.46. The Hall–Kier alpha value is -2.89. The first kappa shape index (κ1) is 13.1. The van der Waals surface area contributed by atoms with Crippen LogP contribution in [0.4, 0.5) is 14.5 Å². The first-order valence-corrected chi connectivity index (χ1v) is 6.10. The molecule has 104 valence electrons. The molecule has 0 saturated carbocycles. The molecule has 1 N–H and O–H groups in total. The lowest BCUT2D eigenvalue weighted by Gasteiger charge is -2.09. The molecule has 0 bridgehead atoms. The van der Waals surface area contributed by atoms with Gasteiger partial charge in [0.25, 0.3) is 5.91 Å². The highest BCUT2D eigenvalue weighted by atomic mass is 19.1. The minimum Gasteiger partial charge on any atom is -0.321 e. The van der Waals surface area contributed by atoms with Crippen molar-refractivity contribution in [2.45, 2.75) is 0 Å². The van der Waals surface area contributed by atoms with Crippen molar-refractivity contribution >= 4 is 22.5 Å². The van der Waals surface area contributed by atoms with E-state index in [0.717, 1.165) is 12.1 Å². The van der Waals surface area contributed by atoms with Crippen LogP contribution in [0.25, 0.3) is 10.9 Å². The normalized spacial score (nSPS) is 10.6. The van der Waals surface area contributed by atoms with Crippen LogP contribution in [0.2, 0.25) is 0 Å². The van der Waals surface area contributed by atoms with Crippen LogP contribution in [0.3, 0.4) is 0 Å². The fourth-order valence-corrected chi connectivity index (χ4v) is 1.99. The standard InChI is InChI=1S/C15H9F2N3O/c16-10-7-11-13(3-6-19-14(11)12(17)8-10)20-15(21)9-1-4-18-5-2-9/h1-8H,(H,19,20,21). The van der Waals surface area contributed by atoms with E-state index in [1.807, 2.05) is 0 Å². The molecule has 4 nitrogen and oxygen atoms in total. The van der Waals surface area contributed by atoms with E-state index in [1.165, 1.54) is 24.7 Å². The first-order chi connectivity index (χ1) is 10.1. The van der Waals surface area contributed by atoms with E-state index in [2.05, 4.69) is 15.3 Å². The van der Waals surface area contributed by atoms with Crippen LogP contribution in [0.1, 0.15) is 10.4 Å². The van der Waals surface area contributed by atoms with Gasteiger partial charge in [-0.25, -0.2) is 8.78 Å². The molecule has 6 heteroatoms. The molecular weight excluding hydrogens is 276 g/mol. The van der Waals surface area contributed by atoms with Gasteiger partial charge in [-0.15, -0.1) is 0 Å². The number of fused-ring (bicyclic) bond motifs is 1. The van der Waals surface area contributed by atoms with Gasteiger partial charge in [-0.3, -0.25) is 14.8 Å². The number of aromatic nitrogens is 2. The third kappa shape index (κ3) is 2.55. The molecular formula is C15H9F2N3O. The molecule has 0 saturated heterocycles. The van der Waals surface area contributed by atoms with Crippen molar-refractivity contribution in [1.82, 2.24) is 9.97 Å². The van der Waals surface area contributed by atoms with Gasteiger partial charge in [-0.1, -0.05) is 0 Å². The molecule has 0 fully saturated rings. The molecule has 3 rings (SSSR count). The maximum Gasteiger partial charge on any atom is 0.255 e. The second-order valence-electron chi connectivity index (χ2n) is 4.33. The Morgan fingerprint density at radius 3 is 2.57 bits per heavy atom. The average Bonchev–Trinajstić information content (AvgIpc) is 2.49. The summed E-state index contributed by atoms with van der Waals surface area (Å²) < 4.78 is 27.0. The van der Waals surface area contributed by atoms with E-state index >= 15 is 0 Å². The Kier molecular flexibility index (Phi) is 3.27. The third-order valence-electron chi connectivity index (χ3n) is 2.95. The maximum absolute atomic E-state index is 13.7. The molecule has 0 radical (unpaired) electrons. The molecule has 0 aliphatic rings. The number of amides is 1. The van der Waals surface area contributed by atoms with Crippen LogP contribution < -0.4 is 5.32 Å². The number of nitrogens with one attached hydrogen (secondary N) is 1. The number of carbonyl (C=O) groups excluding carboxylic acids is 1. The Bertz CT molecular complexity index is 822. The Morgan fingerprint density at radius 1 is 1.05 bits per heavy atom. The zero-order chi connectivity index (χ0) is 14.8. The van der Waals surface area contributed by atoms with Gasteiger partial charge in [0.2, 0.25) is 0 Å². The van der Waals surface area contributed by atoms with E-state index in [9.17, 15) is 13.6 Å². The zero-order valence-electron chi connectivity index (χ0n) is 10.7. The molecule has 0 aliphatic heterocycles. The maximum atomic E-state index is 13.7. The van der Waals surface area contributed by atoms with Crippen LogP contribution in [0.15, 0.2) is 48.9 Å². The van der Waals surface area contributed by atoms with Gasteiger partial charge in [0.15, 0.2) is 5.82 Å². The van der Waals surface area contributed by atoms with E-state index in [-0.39, 0.29) is 10.9 Å². The summed E-state index contributed by atoms with van der Waals surface area (Å²) in [4.78, 5) is 19.8. The first-order valence-electron chi connectivity index (χ1n) is 6.10. The van der Waals surface area contributed by atoms with Crippen molar-refractivity contribution in [2.24, 2.45) is 0 Å². The molecule has 0 aliphatic carbocycles. The van der Waals surface area contributed by atoms with Gasteiger partial charge in [0.05, 0.1) is 5.69 Å². The summed E-state index contributed by atoms with van der Waals surface area (Å²) >= 11 is 0. The van der Waals surface area contributed by atoms with Crippen LogP contribution >= 0.6 is 0 Å². The van der Waals surface area contributed by atoms with Crippen LogP contribution in [0.5, 0.6) is 0 Å². The van der Waals surface area contributed by atoms with Crippen molar-refractivity contribution in [3.05, 3.63) is 66.1 Å². The second kappa shape index (κ2) is 5.24. The van der Waals surface area contributed by atoms with E-state index in [4.69, 9.17) is 0 Å². The highest BCUT2D eigenvalue weighted by molar-refractivity contribution is 6.08. The Morgan fingerprint density at radius 2 is 1.81 bits per heavy atom. The van der Waals surface area contributed by atoms with Crippen molar-refractivity contribution in [3.8, 4) is 0 Å². The number of nitrogens with zero attached hydrogens (tertiary/aromatic N) is 2. The van der Waals surface area contributed by atoms with Gasteiger partial charge in [-0.05, 0) is 24.3 Å². The van der Waals surface area contributed by atoms with E-state index in [1.54, 1.807) is 12.1 Å². The molecule has 1 amide bonds. The summed E-state index contributed by atoms with van der Waals surface area (Å²) in [7, 11) is 0. The number of pyridine rings is 2. The lowest BCUT2D eigenvalue weighted by atomic mass is 10.1. The Balaban J connectivity index is 2.03. The van der Waals surface area contributed by atoms with Gasteiger partial charge in [0.1, 0.15) is 11.3 Å². The number of rotatable bonds is 2.